The van der Waals surface area contributed by atoms with Crippen molar-refractivity contribution in [1.29, 1.82) is 0 Å². The first-order chi connectivity index (χ1) is 11.4. The molecule has 0 aromatic carbocycles. The minimum Gasteiger partial charge on any atom is -0.342 e. The van der Waals surface area contributed by atoms with Crippen molar-refractivity contribution in [3.05, 3.63) is 0 Å². The number of carbonyl (C=O) groups is 4. The van der Waals surface area contributed by atoms with Gasteiger partial charge in [-0.2, -0.15) is 0 Å². The zero-order chi connectivity index (χ0) is 17.7. The predicted molar refractivity (Wildman–Crippen MR) is 86.9 cm³/mol. The number of amides is 4. The van der Waals surface area contributed by atoms with Crippen molar-refractivity contribution in [3.8, 4) is 0 Å². The lowest BCUT2D eigenvalue weighted by Crippen LogP contribution is -2.44. The minimum absolute atomic E-state index is 0.0272. The average Bonchev–Trinajstić information content (AvgIpc) is 3.13. The normalized spacial score (nSPS) is 17.6. The average molecular weight is 338 g/mol. The Bertz CT molecular complexity index is 476. The van der Waals surface area contributed by atoms with E-state index in [2.05, 4.69) is 0 Å². The maximum Gasteiger partial charge on any atom is 0.241 e. The summed E-state index contributed by atoms with van der Waals surface area (Å²) in [6, 6.07) is 0. The van der Waals surface area contributed by atoms with Crippen LogP contribution in [0.1, 0.15) is 25.7 Å². The summed E-state index contributed by atoms with van der Waals surface area (Å²) in [5, 5.41) is 0. The van der Waals surface area contributed by atoms with Crippen LogP contribution in [0.2, 0.25) is 0 Å². The molecule has 2 saturated heterocycles. The van der Waals surface area contributed by atoms with Gasteiger partial charge in [-0.3, -0.25) is 19.2 Å². The maximum absolute atomic E-state index is 12.1. The molecule has 4 amide bonds. The van der Waals surface area contributed by atoms with Crippen molar-refractivity contribution in [1.82, 2.24) is 19.6 Å². The Morgan fingerprint density at radius 3 is 1.50 bits per heavy atom. The van der Waals surface area contributed by atoms with Gasteiger partial charge in [-0.1, -0.05) is 0 Å². The van der Waals surface area contributed by atoms with Crippen LogP contribution in [-0.4, -0.2) is 96.6 Å². The van der Waals surface area contributed by atoms with E-state index in [9.17, 15) is 19.2 Å². The van der Waals surface area contributed by atoms with Crippen LogP contribution in [0, 0.1) is 0 Å². The summed E-state index contributed by atoms with van der Waals surface area (Å²) in [5.41, 5.74) is 0. The van der Waals surface area contributed by atoms with Crippen LogP contribution >= 0.6 is 0 Å². The minimum atomic E-state index is -0.124. The van der Waals surface area contributed by atoms with Crippen LogP contribution in [-0.2, 0) is 19.2 Å². The molecule has 2 fully saturated rings. The van der Waals surface area contributed by atoms with Crippen LogP contribution < -0.4 is 0 Å². The largest absolute Gasteiger partial charge is 0.342 e. The fraction of sp³-hybridized carbons (Fsp3) is 0.750. The van der Waals surface area contributed by atoms with Gasteiger partial charge in [0.15, 0.2) is 0 Å². The summed E-state index contributed by atoms with van der Waals surface area (Å²) in [5.74, 6) is -0.194. The molecule has 0 N–H and O–H groups in total. The molecule has 2 aliphatic heterocycles. The topological polar surface area (TPSA) is 81.2 Å². The molecule has 0 radical (unpaired) electrons. The highest BCUT2D eigenvalue weighted by Crippen LogP contribution is 2.10. The second-order valence-corrected chi connectivity index (χ2v) is 6.47. The number of carbonyl (C=O) groups excluding carboxylic acids is 4. The highest BCUT2D eigenvalue weighted by atomic mass is 16.2. The monoisotopic (exact) mass is 338 g/mol. The van der Waals surface area contributed by atoms with E-state index in [1.54, 1.807) is 23.9 Å². The lowest BCUT2D eigenvalue weighted by Gasteiger charge is -2.25. The van der Waals surface area contributed by atoms with Gasteiger partial charge in [-0.05, 0) is 12.8 Å². The van der Waals surface area contributed by atoms with Gasteiger partial charge >= 0.3 is 0 Å². The SMILES string of the molecule is CN(CCN(C)C(=O)CN1CCCC1=O)C(=O)CN1CCCC1=O. The first-order valence-electron chi connectivity index (χ1n) is 8.42. The van der Waals surface area contributed by atoms with Gasteiger partial charge in [0, 0.05) is 53.1 Å². The number of hydrogen-bond acceptors (Lipinski definition) is 4. The summed E-state index contributed by atoms with van der Waals surface area (Å²) in [6.07, 6.45) is 2.65. The fourth-order valence-electron chi connectivity index (χ4n) is 2.86. The van der Waals surface area contributed by atoms with Crippen molar-refractivity contribution in [2.24, 2.45) is 0 Å². The van der Waals surface area contributed by atoms with Crippen molar-refractivity contribution in [2.45, 2.75) is 25.7 Å². The van der Waals surface area contributed by atoms with E-state index < -0.39 is 0 Å². The zero-order valence-electron chi connectivity index (χ0n) is 14.5. The highest BCUT2D eigenvalue weighted by Gasteiger charge is 2.25. The molecule has 2 heterocycles. The van der Waals surface area contributed by atoms with Gasteiger partial charge in [0.1, 0.15) is 0 Å². The Morgan fingerprint density at radius 2 is 1.21 bits per heavy atom. The van der Waals surface area contributed by atoms with Gasteiger partial charge in [0.25, 0.3) is 0 Å². The van der Waals surface area contributed by atoms with Crippen LogP contribution in [0.15, 0.2) is 0 Å². The molecule has 134 valence electrons. The Hall–Kier alpha value is -2.12. The number of likely N-dealkylation sites (N-methyl/N-ethyl adjacent to an activating group) is 2. The summed E-state index contributed by atoms with van der Waals surface area (Å²) in [4.78, 5) is 53.6. The number of rotatable bonds is 7. The van der Waals surface area contributed by atoms with E-state index >= 15 is 0 Å². The summed E-state index contributed by atoms with van der Waals surface area (Å²) in [7, 11) is 3.34. The van der Waals surface area contributed by atoms with Gasteiger partial charge in [0.05, 0.1) is 13.1 Å². The van der Waals surface area contributed by atoms with Gasteiger partial charge in [-0.15, -0.1) is 0 Å². The lowest BCUT2D eigenvalue weighted by atomic mass is 10.4. The molecule has 0 aromatic heterocycles. The molecule has 0 aromatic rings. The van der Waals surface area contributed by atoms with Gasteiger partial charge < -0.3 is 19.6 Å². The van der Waals surface area contributed by atoms with Crippen LogP contribution in [0.25, 0.3) is 0 Å². The molecular weight excluding hydrogens is 312 g/mol. The smallest absolute Gasteiger partial charge is 0.241 e. The molecule has 0 bridgehead atoms. The molecule has 2 aliphatic rings. The maximum atomic E-state index is 12.1. The van der Waals surface area contributed by atoms with Crippen LogP contribution in [0.4, 0.5) is 0 Å². The second kappa shape index (κ2) is 8.12. The van der Waals surface area contributed by atoms with Gasteiger partial charge in [0.2, 0.25) is 23.6 Å². The summed E-state index contributed by atoms with van der Waals surface area (Å²) >= 11 is 0. The summed E-state index contributed by atoms with van der Waals surface area (Å²) in [6.45, 7) is 2.29. The Kier molecular flexibility index (Phi) is 6.16. The van der Waals surface area contributed by atoms with E-state index in [4.69, 9.17) is 0 Å². The summed E-state index contributed by atoms with van der Waals surface area (Å²) < 4.78 is 0. The molecular formula is C16H26N4O4. The second-order valence-electron chi connectivity index (χ2n) is 6.47. The predicted octanol–water partition coefficient (Wildman–Crippen LogP) is -0.852. The Balaban J connectivity index is 1.70. The van der Waals surface area contributed by atoms with E-state index in [1.165, 1.54) is 9.80 Å². The zero-order valence-corrected chi connectivity index (χ0v) is 14.5. The third-order valence-electron chi connectivity index (χ3n) is 4.62. The molecule has 24 heavy (non-hydrogen) atoms. The van der Waals surface area contributed by atoms with E-state index in [-0.39, 0.29) is 36.7 Å². The number of hydrogen-bond donors (Lipinski definition) is 0. The third kappa shape index (κ3) is 4.69. The first-order valence-corrected chi connectivity index (χ1v) is 8.42. The molecule has 0 spiro atoms. The highest BCUT2D eigenvalue weighted by molar-refractivity contribution is 5.86. The van der Waals surface area contributed by atoms with E-state index in [0.29, 0.717) is 39.0 Å². The van der Waals surface area contributed by atoms with E-state index in [0.717, 1.165) is 12.8 Å². The molecule has 0 saturated carbocycles. The van der Waals surface area contributed by atoms with Crippen molar-refractivity contribution < 1.29 is 19.2 Å². The molecule has 0 aliphatic carbocycles. The lowest BCUT2D eigenvalue weighted by molar-refractivity contribution is -0.139. The van der Waals surface area contributed by atoms with Gasteiger partial charge in [-0.25, -0.2) is 0 Å². The number of nitrogens with zero attached hydrogens (tertiary/aromatic N) is 4. The molecule has 0 unspecified atom stereocenters. The van der Waals surface area contributed by atoms with E-state index in [1.807, 2.05) is 0 Å². The molecule has 8 heteroatoms. The molecule has 2 rings (SSSR count). The fourth-order valence-corrected chi connectivity index (χ4v) is 2.86. The van der Waals surface area contributed by atoms with Crippen molar-refractivity contribution >= 4 is 23.6 Å². The Morgan fingerprint density at radius 1 is 0.833 bits per heavy atom. The first kappa shape index (κ1) is 18.2. The Labute approximate surface area is 142 Å². The van der Waals surface area contributed by atoms with Crippen LogP contribution in [0.3, 0.4) is 0 Å². The standard InChI is InChI=1S/C16H26N4O4/c1-17(15(23)11-19-7-3-5-13(19)21)9-10-18(2)16(24)12-20-8-4-6-14(20)22/h3-12H2,1-2H3. The van der Waals surface area contributed by atoms with Crippen molar-refractivity contribution in [3.63, 3.8) is 0 Å². The van der Waals surface area contributed by atoms with Crippen molar-refractivity contribution in [2.75, 3.05) is 53.4 Å². The third-order valence-corrected chi connectivity index (χ3v) is 4.62. The molecule has 0 atom stereocenters. The quantitative estimate of drug-likeness (QED) is 0.605. The molecule has 8 nitrogen and oxygen atoms in total. The van der Waals surface area contributed by atoms with Crippen LogP contribution in [0.5, 0.6) is 0 Å². The number of likely N-dealkylation sites (tertiary alicyclic amines) is 2.